The van der Waals surface area contributed by atoms with E-state index in [9.17, 15) is 19.5 Å². The minimum atomic E-state index is -0.778. The number of para-hydroxylation sites is 1. The highest BCUT2D eigenvalue weighted by Gasteiger charge is 2.76. The number of nitrogens with one attached hydrogen (secondary N) is 2. The number of aryl methyl sites for hydroxylation is 1. The van der Waals surface area contributed by atoms with Gasteiger partial charge in [-0.3, -0.25) is 14.4 Å². The lowest BCUT2D eigenvalue weighted by Crippen LogP contribution is -2.52. The second kappa shape index (κ2) is 7.43. The Morgan fingerprint density at radius 2 is 2.07 bits per heavy atom. The van der Waals surface area contributed by atoms with Crippen molar-refractivity contribution >= 4 is 46.8 Å². The Hall–Kier alpha value is -1.77. The van der Waals surface area contributed by atoms with Gasteiger partial charge in [-0.2, -0.15) is 0 Å². The summed E-state index contributed by atoms with van der Waals surface area (Å²) in [6, 6.07) is 4.59. The van der Waals surface area contributed by atoms with Crippen molar-refractivity contribution in [1.82, 2.24) is 10.2 Å². The number of likely N-dealkylation sites (tertiary alicyclic amines) is 1. The van der Waals surface area contributed by atoms with E-state index in [1.165, 1.54) is 4.90 Å². The number of amides is 3. The predicted molar refractivity (Wildman–Crippen MR) is 116 cm³/mol. The van der Waals surface area contributed by atoms with Gasteiger partial charge >= 0.3 is 0 Å². The fraction of sp³-hybridized carbons (Fsp3) is 0.571. The van der Waals surface area contributed by atoms with Crippen molar-refractivity contribution in [3.05, 3.63) is 28.8 Å². The van der Waals surface area contributed by atoms with Gasteiger partial charge in [0, 0.05) is 18.3 Å². The largest absolute Gasteiger partial charge is 0.395 e. The molecule has 2 bridgehead atoms. The Balaban J connectivity index is 1.76. The number of carbonyl (C=O) groups excluding carboxylic acids is 3. The van der Waals surface area contributed by atoms with Crippen LogP contribution in [0.2, 0.25) is 5.02 Å². The van der Waals surface area contributed by atoms with Crippen LogP contribution < -0.4 is 10.6 Å². The molecule has 0 radical (unpaired) electrons. The minimum Gasteiger partial charge on any atom is -0.395 e. The molecular weight excluding hydrogens is 426 g/mol. The zero-order chi connectivity index (χ0) is 21.8. The van der Waals surface area contributed by atoms with Gasteiger partial charge in [0.15, 0.2) is 0 Å². The molecule has 2 unspecified atom stereocenters. The zero-order valence-electron chi connectivity index (χ0n) is 17.2. The van der Waals surface area contributed by atoms with Crippen LogP contribution in [0.3, 0.4) is 0 Å². The van der Waals surface area contributed by atoms with E-state index in [2.05, 4.69) is 10.6 Å². The van der Waals surface area contributed by atoms with E-state index < -0.39 is 27.4 Å². The van der Waals surface area contributed by atoms with Gasteiger partial charge in [-0.25, -0.2) is 0 Å². The molecule has 3 heterocycles. The molecule has 1 aromatic carbocycles. The third kappa shape index (κ3) is 2.87. The first-order valence-corrected chi connectivity index (χ1v) is 11.3. The Kier molecular flexibility index (Phi) is 5.31. The van der Waals surface area contributed by atoms with Crippen molar-refractivity contribution < 1.29 is 19.5 Å². The van der Waals surface area contributed by atoms with Crippen molar-refractivity contribution in [3.8, 4) is 0 Å². The van der Waals surface area contributed by atoms with Crippen molar-refractivity contribution in [2.24, 2.45) is 11.8 Å². The molecule has 1 aromatic rings. The molecule has 162 valence electrons. The normalized spacial score (nSPS) is 34.2. The number of thioether (sulfide) groups is 1. The Morgan fingerprint density at radius 1 is 1.33 bits per heavy atom. The standard InChI is InChI=1S/C21H26ClN3O4S/c1-11-5-4-6-12(22)15(11)24-18(28)16-21-8-7-20(2,30-21)13(17(27)23-3)14(21)19(29)25(16)9-10-26/h4-6,13-14,16,26H,7-10H2,1-3H3,(H,23,27)(H,24,28)/t13-,14+,16?,20+,21?/m1/s1. The van der Waals surface area contributed by atoms with Gasteiger partial charge in [0.05, 0.1) is 33.9 Å². The number of aliphatic hydroxyl groups excluding tert-OH is 1. The molecule has 0 aliphatic carbocycles. The van der Waals surface area contributed by atoms with Crippen LogP contribution in [0, 0.1) is 18.8 Å². The maximum absolute atomic E-state index is 13.6. The summed E-state index contributed by atoms with van der Waals surface area (Å²) in [5.41, 5.74) is 1.34. The lowest BCUT2D eigenvalue weighted by Gasteiger charge is -2.34. The third-order valence-corrected chi connectivity index (χ3v) is 9.17. The molecule has 9 heteroatoms. The molecule has 3 aliphatic rings. The molecule has 3 amide bonds. The summed E-state index contributed by atoms with van der Waals surface area (Å²) >= 11 is 7.90. The highest BCUT2D eigenvalue weighted by molar-refractivity contribution is 8.02. The van der Waals surface area contributed by atoms with E-state index in [4.69, 9.17) is 11.6 Å². The summed E-state index contributed by atoms with van der Waals surface area (Å²) in [5.74, 6) is -1.82. The Morgan fingerprint density at radius 3 is 2.70 bits per heavy atom. The van der Waals surface area contributed by atoms with Gasteiger partial charge in [-0.05, 0) is 38.3 Å². The molecule has 5 atom stereocenters. The monoisotopic (exact) mass is 451 g/mol. The van der Waals surface area contributed by atoms with Gasteiger partial charge < -0.3 is 20.6 Å². The molecule has 4 rings (SSSR count). The smallest absolute Gasteiger partial charge is 0.248 e. The zero-order valence-corrected chi connectivity index (χ0v) is 18.8. The minimum absolute atomic E-state index is 0.0500. The Labute approximate surface area is 184 Å². The summed E-state index contributed by atoms with van der Waals surface area (Å²) in [4.78, 5) is 41.2. The summed E-state index contributed by atoms with van der Waals surface area (Å²) in [5, 5.41) is 15.6. The number of hydrogen-bond donors (Lipinski definition) is 3. The first-order chi connectivity index (χ1) is 14.2. The van der Waals surface area contributed by atoms with Crippen molar-refractivity contribution in [2.75, 3.05) is 25.5 Å². The predicted octanol–water partition coefficient (Wildman–Crippen LogP) is 1.81. The molecular formula is C21H26ClN3O4S. The molecule has 0 saturated carbocycles. The van der Waals surface area contributed by atoms with Crippen LogP contribution in [0.4, 0.5) is 5.69 Å². The number of β-amino-alcohol motifs (C(OH)–C–C–N with tert-alkyl or cyclic N) is 1. The SMILES string of the molecule is CNC(=O)[C@H]1[C@H]2C(=O)N(CCO)C(C(=O)Nc3c(C)cccc3Cl)C23CC[C@]1(C)S3. The number of benzene rings is 1. The highest BCUT2D eigenvalue weighted by atomic mass is 35.5. The molecule has 3 N–H and O–H groups in total. The van der Waals surface area contributed by atoms with Crippen molar-refractivity contribution in [1.29, 1.82) is 0 Å². The van der Waals surface area contributed by atoms with Gasteiger partial charge in [0.1, 0.15) is 6.04 Å². The topological polar surface area (TPSA) is 98.7 Å². The number of aliphatic hydroxyl groups is 1. The molecule has 0 aromatic heterocycles. The summed E-state index contributed by atoms with van der Waals surface area (Å²) in [6.45, 7) is 3.67. The number of rotatable bonds is 5. The van der Waals surface area contributed by atoms with Crippen LogP contribution in [0.5, 0.6) is 0 Å². The van der Waals surface area contributed by atoms with Crippen LogP contribution >= 0.6 is 23.4 Å². The number of fused-ring (bicyclic) bond motifs is 1. The number of hydrogen-bond acceptors (Lipinski definition) is 5. The first kappa shape index (κ1) is 21.5. The quantitative estimate of drug-likeness (QED) is 0.634. The number of halogens is 1. The van der Waals surface area contributed by atoms with Gasteiger partial charge in [0.2, 0.25) is 17.7 Å². The molecule has 1 spiro atoms. The lowest BCUT2D eigenvalue weighted by atomic mass is 9.66. The van der Waals surface area contributed by atoms with Crippen molar-refractivity contribution in [3.63, 3.8) is 0 Å². The maximum Gasteiger partial charge on any atom is 0.248 e. The lowest BCUT2D eigenvalue weighted by molar-refractivity contribution is -0.140. The maximum atomic E-state index is 13.6. The van der Waals surface area contributed by atoms with Crippen LogP contribution in [0.25, 0.3) is 0 Å². The van der Waals surface area contributed by atoms with E-state index >= 15 is 0 Å². The number of carbonyl (C=O) groups is 3. The summed E-state index contributed by atoms with van der Waals surface area (Å²) < 4.78 is -1.10. The van der Waals surface area contributed by atoms with Gasteiger partial charge in [0.25, 0.3) is 0 Å². The number of anilines is 1. The Bertz CT molecular complexity index is 907. The van der Waals surface area contributed by atoms with E-state index in [1.807, 2.05) is 26.0 Å². The van der Waals surface area contributed by atoms with Gasteiger partial charge in [-0.15, -0.1) is 11.8 Å². The second-order valence-corrected chi connectivity index (χ2v) is 10.8. The average Bonchev–Trinajstić information content (AvgIpc) is 3.26. The summed E-state index contributed by atoms with van der Waals surface area (Å²) in [6.07, 6.45) is 1.42. The number of nitrogens with zero attached hydrogens (tertiary/aromatic N) is 1. The van der Waals surface area contributed by atoms with Crippen LogP contribution in [-0.4, -0.2) is 63.5 Å². The average molecular weight is 452 g/mol. The van der Waals surface area contributed by atoms with E-state index in [1.54, 1.807) is 24.9 Å². The van der Waals surface area contributed by atoms with Gasteiger partial charge in [-0.1, -0.05) is 23.7 Å². The molecule has 7 nitrogen and oxygen atoms in total. The summed E-state index contributed by atoms with van der Waals surface area (Å²) in [7, 11) is 1.57. The molecule has 3 fully saturated rings. The third-order valence-electron chi connectivity index (χ3n) is 6.86. The molecule has 3 aliphatic heterocycles. The van der Waals surface area contributed by atoms with Crippen LogP contribution in [0.15, 0.2) is 18.2 Å². The van der Waals surface area contributed by atoms with E-state index in [-0.39, 0.29) is 30.9 Å². The van der Waals surface area contributed by atoms with E-state index in [0.717, 1.165) is 12.0 Å². The van der Waals surface area contributed by atoms with E-state index in [0.29, 0.717) is 17.1 Å². The second-order valence-electron chi connectivity index (χ2n) is 8.52. The van der Waals surface area contributed by atoms with Crippen molar-refractivity contribution in [2.45, 2.75) is 42.2 Å². The first-order valence-electron chi connectivity index (χ1n) is 10.1. The van der Waals surface area contributed by atoms with Crippen LogP contribution in [0.1, 0.15) is 25.3 Å². The van der Waals surface area contributed by atoms with Crippen LogP contribution in [-0.2, 0) is 14.4 Å². The fourth-order valence-electron chi connectivity index (χ4n) is 5.61. The molecule has 3 saturated heterocycles. The molecule has 30 heavy (non-hydrogen) atoms. The fourth-order valence-corrected chi connectivity index (χ4v) is 8.24. The highest BCUT2D eigenvalue weighted by Crippen LogP contribution is 2.71.